The molecule has 0 amide bonds. The highest BCUT2D eigenvalue weighted by molar-refractivity contribution is 6.30. The molecule has 0 spiro atoms. The van der Waals surface area contributed by atoms with Gasteiger partial charge in [0.2, 0.25) is 0 Å². The maximum atomic E-state index is 13.9. The number of nitrogens with one attached hydrogen (secondary N) is 1. The molecule has 2 heterocycles. The van der Waals surface area contributed by atoms with Gasteiger partial charge in [-0.25, -0.2) is 9.37 Å². The van der Waals surface area contributed by atoms with E-state index in [4.69, 9.17) is 21.3 Å². The van der Waals surface area contributed by atoms with Crippen LogP contribution < -0.4 is 15.6 Å². The number of aromatic nitrogens is 2. The molecule has 2 aromatic carbocycles. The van der Waals surface area contributed by atoms with E-state index in [9.17, 15) is 9.18 Å². The fourth-order valence-electron chi connectivity index (χ4n) is 3.76. The maximum Gasteiger partial charge on any atom is 0.266 e. The van der Waals surface area contributed by atoms with Crippen LogP contribution in [-0.2, 0) is 6.54 Å². The number of halogens is 2. The Morgan fingerprint density at radius 3 is 2.73 bits per heavy atom. The van der Waals surface area contributed by atoms with E-state index in [0.29, 0.717) is 34.3 Å². The Hall–Kier alpha value is -2.48. The van der Waals surface area contributed by atoms with Crippen molar-refractivity contribution in [3.05, 3.63) is 63.4 Å². The van der Waals surface area contributed by atoms with E-state index in [1.54, 1.807) is 28.8 Å². The lowest BCUT2D eigenvalue weighted by molar-refractivity contribution is 0.226. The molecule has 0 bridgehead atoms. The van der Waals surface area contributed by atoms with Crippen molar-refractivity contribution < 1.29 is 9.13 Å². The van der Waals surface area contributed by atoms with E-state index in [0.717, 1.165) is 39.0 Å². The lowest BCUT2D eigenvalue weighted by atomic mass is 10.2. The van der Waals surface area contributed by atoms with Crippen molar-refractivity contribution in [2.24, 2.45) is 0 Å². The first-order valence-corrected chi connectivity index (χ1v) is 10.6. The Morgan fingerprint density at radius 2 is 1.97 bits per heavy atom. The second-order valence-electron chi connectivity index (χ2n) is 7.79. The molecular formula is C22H22ClFN4O2. The van der Waals surface area contributed by atoms with Gasteiger partial charge in [0.05, 0.1) is 29.2 Å². The number of ether oxygens (including phenoxy) is 1. The fourth-order valence-corrected chi connectivity index (χ4v) is 3.92. The number of piperazine rings is 1. The van der Waals surface area contributed by atoms with Gasteiger partial charge in [0.25, 0.3) is 5.56 Å². The summed E-state index contributed by atoms with van der Waals surface area (Å²) < 4.78 is 21.5. The highest BCUT2D eigenvalue weighted by atomic mass is 35.5. The van der Waals surface area contributed by atoms with Crippen LogP contribution in [-0.4, -0.2) is 46.7 Å². The Balaban J connectivity index is 1.69. The third kappa shape index (κ3) is 3.93. The number of hydrogen-bond donors (Lipinski definition) is 1. The third-order valence-corrected chi connectivity index (χ3v) is 5.69. The van der Waals surface area contributed by atoms with Crippen LogP contribution in [0.5, 0.6) is 5.75 Å². The molecule has 1 aliphatic carbocycles. The maximum absolute atomic E-state index is 13.9. The highest BCUT2D eigenvalue weighted by Crippen LogP contribution is 2.33. The lowest BCUT2D eigenvalue weighted by Gasteiger charge is -2.28. The second-order valence-corrected chi connectivity index (χ2v) is 8.22. The zero-order chi connectivity index (χ0) is 20.7. The van der Waals surface area contributed by atoms with Crippen molar-refractivity contribution >= 4 is 22.5 Å². The van der Waals surface area contributed by atoms with Gasteiger partial charge in [-0.05, 0) is 43.2 Å². The summed E-state index contributed by atoms with van der Waals surface area (Å²) in [4.78, 5) is 20.5. The monoisotopic (exact) mass is 428 g/mol. The lowest BCUT2D eigenvalue weighted by Crippen LogP contribution is -2.44. The Bertz CT molecular complexity index is 1160. The molecule has 1 aromatic heterocycles. The normalized spacial score (nSPS) is 17.4. The van der Waals surface area contributed by atoms with E-state index < -0.39 is 5.82 Å². The predicted octanol–water partition coefficient (Wildman–Crippen LogP) is 3.12. The van der Waals surface area contributed by atoms with Gasteiger partial charge in [-0.1, -0.05) is 11.6 Å². The Labute approximate surface area is 178 Å². The van der Waals surface area contributed by atoms with Gasteiger partial charge in [-0.2, -0.15) is 0 Å². The second kappa shape index (κ2) is 7.98. The molecule has 1 saturated carbocycles. The number of fused-ring (bicyclic) bond motifs is 1. The van der Waals surface area contributed by atoms with Crippen LogP contribution in [0.4, 0.5) is 4.39 Å². The fraction of sp³-hybridized carbons (Fsp3) is 0.364. The van der Waals surface area contributed by atoms with Crippen LogP contribution in [0, 0.1) is 5.82 Å². The van der Waals surface area contributed by atoms with Gasteiger partial charge >= 0.3 is 0 Å². The first kappa shape index (κ1) is 19.5. The van der Waals surface area contributed by atoms with E-state index in [1.807, 2.05) is 0 Å². The van der Waals surface area contributed by atoms with Crippen LogP contribution in [0.1, 0.15) is 18.7 Å². The minimum Gasteiger partial charge on any atom is -0.488 e. The third-order valence-electron chi connectivity index (χ3n) is 5.46. The van der Waals surface area contributed by atoms with Gasteiger partial charge in [-0.3, -0.25) is 14.3 Å². The molecule has 0 atom stereocenters. The molecule has 5 rings (SSSR count). The van der Waals surface area contributed by atoms with Gasteiger partial charge in [-0.15, -0.1) is 0 Å². The van der Waals surface area contributed by atoms with Gasteiger partial charge in [0, 0.05) is 37.3 Å². The van der Waals surface area contributed by atoms with Crippen molar-refractivity contribution in [1.29, 1.82) is 0 Å². The predicted molar refractivity (Wildman–Crippen MR) is 114 cm³/mol. The molecule has 1 N–H and O–H groups in total. The molecule has 1 aliphatic heterocycles. The van der Waals surface area contributed by atoms with Crippen molar-refractivity contribution in [3.63, 3.8) is 0 Å². The summed E-state index contributed by atoms with van der Waals surface area (Å²) in [7, 11) is 0. The molecule has 6 nitrogen and oxygen atoms in total. The smallest absolute Gasteiger partial charge is 0.266 e. The quantitative estimate of drug-likeness (QED) is 0.676. The van der Waals surface area contributed by atoms with Gasteiger partial charge < -0.3 is 10.1 Å². The van der Waals surface area contributed by atoms with E-state index in [2.05, 4.69) is 10.2 Å². The van der Waals surface area contributed by atoms with Crippen LogP contribution in [0.15, 0.2) is 41.2 Å². The van der Waals surface area contributed by atoms with Crippen LogP contribution >= 0.6 is 11.6 Å². The van der Waals surface area contributed by atoms with Crippen LogP contribution in [0.3, 0.4) is 0 Å². The molecule has 0 radical (unpaired) electrons. The summed E-state index contributed by atoms with van der Waals surface area (Å²) >= 11 is 6.21. The molecular weight excluding hydrogens is 407 g/mol. The average molecular weight is 429 g/mol. The average Bonchev–Trinajstić information content (AvgIpc) is 3.55. The highest BCUT2D eigenvalue weighted by Gasteiger charge is 2.26. The van der Waals surface area contributed by atoms with Crippen molar-refractivity contribution in [2.45, 2.75) is 25.5 Å². The summed E-state index contributed by atoms with van der Waals surface area (Å²) in [5, 5.41) is 4.11. The number of benzene rings is 2. The van der Waals surface area contributed by atoms with E-state index in [-0.39, 0.29) is 17.0 Å². The summed E-state index contributed by atoms with van der Waals surface area (Å²) in [6, 6.07) is 9.36. The van der Waals surface area contributed by atoms with Gasteiger partial charge in [0.1, 0.15) is 17.4 Å². The van der Waals surface area contributed by atoms with Crippen LogP contribution in [0.25, 0.3) is 16.6 Å². The first-order chi connectivity index (χ1) is 14.6. The number of rotatable bonds is 5. The first-order valence-electron chi connectivity index (χ1n) is 10.2. The standard InChI is InChI=1S/C22H22ClFN4O2/c23-14-1-6-19(20(11-14)30-16-3-4-16)28-21(13-27-9-7-25-8-10-27)26-18-5-2-15(24)12-17(18)22(28)29/h1-2,5-6,11-12,16,25H,3-4,7-10,13H2. The van der Waals surface area contributed by atoms with Crippen molar-refractivity contribution in [3.8, 4) is 11.4 Å². The molecule has 2 fully saturated rings. The summed E-state index contributed by atoms with van der Waals surface area (Å²) in [6.45, 7) is 4.02. The SMILES string of the molecule is O=c1c2cc(F)ccc2nc(CN2CCNCC2)n1-c1ccc(Cl)cc1OC1CC1. The van der Waals surface area contributed by atoms with E-state index >= 15 is 0 Å². The van der Waals surface area contributed by atoms with Crippen molar-refractivity contribution in [2.75, 3.05) is 26.2 Å². The summed E-state index contributed by atoms with van der Waals surface area (Å²) in [5.74, 6) is 0.684. The number of hydrogen-bond acceptors (Lipinski definition) is 5. The Kier molecular flexibility index (Phi) is 5.18. The largest absolute Gasteiger partial charge is 0.488 e. The zero-order valence-electron chi connectivity index (χ0n) is 16.4. The summed E-state index contributed by atoms with van der Waals surface area (Å²) in [6.07, 6.45) is 2.10. The topological polar surface area (TPSA) is 59.4 Å². The van der Waals surface area contributed by atoms with Crippen LogP contribution in [0.2, 0.25) is 5.02 Å². The molecule has 156 valence electrons. The van der Waals surface area contributed by atoms with Gasteiger partial charge in [0.15, 0.2) is 0 Å². The molecule has 8 heteroatoms. The minimum absolute atomic E-state index is 0.139. The van der Waals surface area contributed by atoms with Crippen molar-refractivity contribution in [1.82, 2.24) is 19.8 Å². The Morgan fingerprint density at radius 1 is 1.17 bits per heavy atom. The molecule has 30 heavy (non-hydrogen) atoms. The zero-order valence-corrected chi connectivity index (χ0v) is 17.2. The molecule has 0 unspecified atom stereocenters. The minimum atomic E-state index is -0.464. The summed E-state index contributed by atoms with van der Waals surface area (Å²) in [5.41, 5.74) is 0.758. The molecule has 2 aliphatic rings. The molecule has 1 saturated heterocycles. The number of nitrogens with zero attached hydrogens (tertiary/aromatic N) is 3. The molecule has 3 aromatic rings. The van der Waals surface area contributed by atoms with E-state index in [1.165, 1.54) is 12.1 Å².